The van der Waals surface area contributed by atoms with E-state index in [0.717, 1.165) is 12.8 Å². The first-order valence-corrected chi connectivity index (χ1v) is 6.57. The zero-order chi connectivity index (χ0) is 14.3. The number of rotatable bonds is 7. The lowest BCUT2D eigenvalue weighted by atomic mass is 10.1. The zero-order valence-electron chi connectivity index (χ0n) is 11.4. The van der Waals surface area contributed by atoms with Crippen molar-refractivity contribution < 1.29 is 13.9 Å². The summed E-state index contributed by atoms with van der Waals surface area (Å²) in [5, 5.41) is 2.68. The van der Waals surface area contributed by atoms with Crippen LogP contribution in [0.2, 0.25) is 0 Å². The molecule has 1 atom stereocenters. The fourth-order valence-corrected chi connectivity index (χ4v) is 1.65. The Morgan fingerprint density at radius 3 is 2.84 bits per heavy atom. The molecule has 5 heteroatoms. The molecule has 0 saturated carbocycles. The molecule has 0 aliphatic heterocycles. The second kappa shape index (κ2) is 7.74. The molecule has 0 fully saturated rings. The van der Waals surface area contributed by atoms with Crippen LogP contribution in [0.1, 0.15) is 33.1 Å². The molecule has 0 radical (unpaired) electrons. The molecule has 0 heterocycles. The summed E-state index contributed by atoms with van der Waals surface area (Å²) < 4.78 is 18.4. The van der Waals surface area contributed by atoms with Gasteiger partial charge in [-0.05, 0) is 25.5 Å². The van der Waals surface area contributed by atoms with Gasteiger partial charge in [-0.25, -0.2) is 4.39 Å². The fraction of sp³-hybridized carbons (Fsp3) is 0.500. The summed E-state index contributed by atoms with van der Waals surface area (Å²) in [6, 6.07) is 3.44. The molecule has 0 bridgehead atoms. The maximum absolute atomic E-state index is 13.1. The van der Waals surface area contributed by atoms with Gasteiger partial charge in [-0.1, -0.05) is 19.8 Å². The lowest BCUT2D eigenvalue weighted by Gasteiger charge is -2.14. The van der Waals surface area contributed by atoms with Gasteiger partial charge in [-0.3, -0.25) is 4.79 Å². The van der Waals surface area contributed by atoms with E-state index >= 15 is 0 Å². The summed E-state index contributed by atoms with van der Waals surface area (Å²) in [6.45, 7) is 4.23. The monoisotopic (exact) mass is 268 g/mol. The summed E-state index contributed by atoms with van der Waals surface area (Å²) >= 11 is 0. The normalized spacial score (nSPS) is 12.0. The lowest BCUT2D eigenvalue weighted by Crippen LogP contribution is -2.35. The van der Waals surface area contributed by atoms with Crippen molar-refractivity contribution in [1.82, 2.24) is 0 Å². The molecule has 1 aromatic carbocycles. The highest BCUT2D eigenvalue weighted by atomic mass is 19.1. The molecule has 1 rings (SSSR count). The van der Waals surface area contributed by atoms with Gasteiger partial charge in [-0.2, -0.15) is 0 Å². The largest absolute Gasteiger partial charge is 0.492 e. The number of halogens is 1. The zero-order valence-corrected chi connectivity index (χ0v) is 11.4. The van der Waals surface area contributed by atoms with Gasteiger partial charge in [0.15, 0.2) is 0 Å². The molecule has 0 aliphatic carbocycles. The van der Waals surface area contributed by atoms with Crippen LogP contribution in [0.4, 0.5) is 10.1 Å². The minimum atomic E-state index is -0.556. The van der Waals surface area contributed by atoms with Crippen LogP contribution in [0.25, 0.3) is 0 Å². The first kappa shape index (κ1) is 15.4. The highest BCUT2D eigenvalue weighted by molar-refractivity contribution is 5.95. The number of unbranched alkanes of at least 4 members (excludes halogenated alkanes) is 1. The van der Waals surface area contributed by atoms with E-state index in [4.69, 9.17) is 10.5 Å². The van der Waals surface area contributed by atoms with Crippen molar-refractivity contribution in [1.29, 1.82) is 0 Å². The molecule has 3 N–H and O–H groups in total. The summed E-state index contributed by atoms with van der Waals surface area (Å²) in [4.78, 5) is 11.9. The van der Waals surface area contributed by atoms with Crippen molar-refractivity contribution in [2.75, 3.05) is 11.9 Å². The summed E-state index contributed by atoms with van der Waals surface area (Å²) in [5.41, 5.74) is 6.22. The van der Waals surface area contributed by atoms with Gasteiger partial charge in [0.25, 0.3) is 0 Å². The highest BCUT2D eigenvalue weighted by Crippen LogP contribution is 2.25. The number of benzene rings is 1. The molecular formula is C14H21FN2O2. The van der Waals surface area contributed by atoms with Crippen LogP contribution in [-0.2, 0) is 4.79 Å². The smallest absolute Gasteiger partial charge is 0.241 e. The van der Waals surface area contributed by atoms with Crippen LogP contribution in [0.3, 0.4) is 0 Å². The predicted octanol–water partition coefficient (Wildman–Crippen LogP) is 2.68. The Hall–Kier alpha value is -1.62. The topological polar surface area (TPSA) is 64.4 Å². The molecule has 4 nitrogen and oxygen atoms in total. The van der Waals surface area contributed by atoms with Crippen molar-refractivity contribution >= 4 is 11.6 Å². The Kier molecular flexibility index (Phi) is 6.29. The van der Waals surface area contributed by atoms with Gasteiger partial charge in [0.2, 0.25) is 5.91 Å². The Bertz CT molecular complexity index is 424. The molecule has 1 unspecified atom stereocenters. The molecule has 106 valence electrons. The van der Waals surface area contributed by atoms with Gasteiger partial charge in [0, 0.05) is 6.07 Å². The summed E-state index contributed by atoms with van der Waals surface area (Å²) in [6.07, 6.45) is 2.52. The van der Waals surface area contributed by atoms with Crippen LogP contribution in [0.15, 0.2) is 18.2 Å². The third-order valence-corrected chi connectivity index (χ3v) is 2.71. The molecule has 0 saturated heterocycles. The molecule has 1 aromatic rings. The summed E-state index contributed by atoms with van der Waals surface area (Å²) in [7, 11) is 0. The van der Waals surface area contributed by atoms with Gasteiger partial charge in [-0.15, -0.1) is 0 Å². The van der Waals surface area contributed by atoms with Crippen LogP contribution in [-0.4, -0.2) is 18.6 Å². The maximum Gasteiger partial charge on any atom is 0.241 e. The van der Waals surface area contributed by atoms with E-state index in [2.05, 4.69) is 5.32 Å². The number of ether oxygens (including phenoxy) is 1. The molecule has 0 spiro atoms. The minimum absolute atomic E-state index is 0.277. The van der Waals surface area contributed by atoms with Crippen molar-refractivity contribution in [2.24, 2.45) is 5.73 Å². The molecule has 0 aliphatic rings. The standard InChI is InChI=1S/C14H21FN2O2/c1-3-5-6-11(16)14(18)17-12-8-7-10(15)9-13(12)19-4-2/h7-9,11H,3-6,16H2,1-2H3,(H,17,18). The van der Waals surface area contributed by atoms with E-state index in [1.54, 1.807) is 6.92 Å². The van der Waals surface area contributed by atoms with Gasteiger partial charge >= 0.3 is 0 Å². The Morgan fingerprint density at radius 2 is 2.21 bits per heavy atom. The SMILES string of the molecule is CCCCC(N)C(=O)Nc1ccc(F)cc1OCC. The Labute approximate surface area is 113 Å². The van der Waals surface area contributed by atoms with Crippen molar-refractivity contribution in [3.63, 3.8) is 0 Å². The van der Waals surface area contributed by atoms with E-state index in [1.165, 1.54) is 18.2 Å². The van der Waals surface area contributed by atoms with E-state index in [1.807, 2.05) is 6.92 Å². The average molecular weight is 268 g/mol. The number of nitrogens with two attached hydrogens (primary N) is 1. The van der Waals surface area contributed by atoms with Crippen LogP contribution in [0, 0.1) is 5.82 Å². The van der Waals surface area contributed by atoms with Gasteiger partial charge in [0.05, 0.1) is 18.3 Å². The van der Waals surface area contributed by atoms with Crippen LogP contribution >= 0.6 is 0 Å². The number of hydrogen-bond acceptors (Lipinski definition) is 3. The van der Waals surface area contributed by atoms with Crippen LogP contribution < -0.4 is 15.8 Å². The third-order valence-electron chi connectivity index (χ3n) is 2.71. The number of carbonyl (C=O) groups excluding carboxylic acids is 1. The number of amides is 1. The predicted molar refractivity (Wildman–Crippen MR) is 73.7 cm³/mol. The second-order valence-corrected chi connectivity index (χ2v) is 4.31. The average Bonchev–Trinajstić information content (AvgIpc) is 2.39. The molecular weight excluding hydrogens is 247 g/mol. The van der Waals surface area contributed by atoms with Crippen molar-refractivity contribution in [3.05, 3.63) is 24.0 Å². The van der Waals surface area contributed by atoms with Gasteiger partial charge in [0.1, 0.15) is 11.6 Å². The lowest BCUT2D eigenvalue weighted by molar-refractivity contribution is -0.117. The Morgan fingerprint density at radius 1 is 1.47 bits per heavy atom. The number of anilines is 1. The fourth-order valence-electron chi connectivity index (χ4n) is 1.65. The third kappa shape index (κ3) is 4.87. The van der Waals surface area contributed by atoms with Gasteiger partial charge < -0.3 is 15.8 Å². The minimum Gasteiger partial charge on any atom is -0.492 e. The van der Waals surface area contributed by atoms with Crippen LogP contribution in [0.5, 0.6) is 5.75 Å². The molecule has 19 heavy (non-hydrogen) atoms. The Balaban J connectivity index is 2.72. The number of hydrogen-bond donors (Lipinski definition) is 2. The van der Waals surface area contributed by atoms with E-state index < -0.39 is 11.9 Å². The summed E-state index contributed by atoms with van der Waals surface area (Å²) in [5.74, 6) is -0.365. The second-order valence-electron chi connectivity index (χ2n) is 4.31. The number of carbonyl (C=O) groups is 1. The van der Waals surface area contributed by atoms with Crippen molar-refractivity contribution in [3.8, 4) is 5.75 Å². The number of nitrogens with one attached hydrogen (secondary N) is 1. The first-order chi connectivity index (χ1) is 9.08. The maximum atomic E-state index is 13.1. The quantitative estimate of drug-likeness (QED) is 0.799. The van der Waals surface area contributed by atoms with E-state index in [0.29, 0.717) is 24.5 Å². The molecule has 1 amide bonds. The van der Waals surface area contributed by atoms with Crippen molar-refractivity contribution in [2.45, 2.75) is 39.2 Å². The highest BCUT2D eigenvalue weighted by Gasteiger charge is 2.15. The first-order valence-electron chi connectivity index (χ1n) is 6.57. The van der Waals surface area contributed by atoms with E-state index in [9.17, 15) is 9.18 Å². The molecule has 0 aromatic heterocycles. The van der Waals surface area contributed by atoms with E-state index in [-0.39, 0.29) is 5.91 Å².